The quantitative estimate of drug-likeness (QED) is 0.861. The number of ether oxygens (including phenoxy) is 2. The molecule has 0 saturated heterocycles. The molecule has 1 aromatic carbocycles. The van der Waals surface area contributed by atoms with E-state index >= 15 is 0 Å². The Morgan fingerprint density at radius 2 is 1.93 bits per heavy atom. The second-order valence-corrected chi connectivity index (χ2v) is 4.03. The van der Waals surface area contributed by atoms with E-state index in [0.717, 1.165) is 3.57 Å². The maximum atomic E-state index is 10.6. The summed E-state index contributed by atoms with van der Waals surface area (Å²) in [6.45, 7) is 0. The topological polar surface area (TPSA) is 55.8 Å². The number of rotatable bonds is 4. The van der Waals surface area contributed by atoms with E-state index in [4.69, 9.17) is 14.6 Å². The summed E-state index contributed by atoms with van der Waals surface area (Å²) in [5.41, 5.74) is 0.613. The zero-order chi connectivity index (χ0) is 11.4. The minimum Gasteiger partial charge on any atom is -0.496 e. The maximum absolute atomic E-state index is 10.6. The normalized spacial score (nSPS) is 9.80. The molecule has 0 aliphatic carbocycles. The molecular weight excluding hydrogens is 311 g/mol. The molecule has 0 radical (unpaired) electrons. The van der Waals surface area contributed by atoms with Gasteiger partial charge in [-0.25, -0.2) is 0 Å². The summed E-state index contributed by atoms with van der Waals surface area (Å²) in [6.07, 6.45) is -0.0730. The van der Waals surface area contributed by atoms with Crippen LogP contribution in [-0.2, 0) is 11.2 Å². The third kappa shape index (κ3) is 2.98. The fourth-order valence-corrected chi connectivity index (χ4v) is 1.88. The van der Waals surface area contributed by atoms with Gasteiger partial charge in [0.05, 0.1) is 24.2 Å². The Hall–Kier alpha value is -0.980. The largest absolute Gasteiger partial charge is 0.496 e. The van der Waals surface area contributed by atoms with Crippen molar-refractivity contribution in [2.45, 2.75) is 6.42 Å². The molecule has 15 heavy (non-hydrogen) atoms. The summed E-state index contributed by atoms with van der Waals surface area (Å²) in [7, 11) is 3.07. The van der Waals surface area contributed by atoms with Crippen LogP contribution in [-0.4, -0.2) is 25.3 Å². The molecule has 0 bridgehead atoms. The minimum atomic E-state index is -0.892. The lowest BCUT2D eigenvalue weighted by Gasteiger charge is -2.10. The smallest absolute Gasteiger partial charge is 0.307 e. The van der Waals surface area contributed by atoms with E-state index in [0.29, 0.717) is 17.1 Å². The first-order chi connectivity index (χ1) is 7.08. The molecule has 1 aromatic rings. The fraction of sp³-hybridized carbons (Fsp3) is 0.300. The van der Waals surface area contributed by atoms with Gasteiger partial charge in [-0.15, -0.1) is 0 Å². The molecule has 0 fully saturated rings. The second kappa shape index (κ2) is 5.20. The second-order valence-electron chi connectivity index (χ2n) is 2.87. The van der Waals surface area contributed by atoms with Gasteiger partial charge in [-0.05, 0) is 34.7 Å². The lowest BCUT2D eigenvalue weighted by Crippen LogP contribution is -2.03. The molecule has 0 aliphatic heterocycles. The monoisotopic (exact) mass is 322 g/mol. The van der Waals surface area contributed by atoms with Gasteiger partial charge in [0.2, 0.25) is 0 Å². The number of hydrogen-bond donors (Lipinski definition) is 1. The molecule has 1 N–H and O–H groups in total. The van der Waals surface area contributed by atoms with Crippen molar-refractivity contribution in [3.05, 3.63) is 21.3 Å². The summed E-state index contributed by atoms with van der Waals surface area (Å²) in [5.74, 6) is 0.340. The molecule has 0 aromatic heterocycles. The van der Waals surface area contributed by atoms with Gasteiger partial charge in [-0.2, -0.15) is 0 Å². The van der Waals surface area contributed by atoms with Crippen molar-refractivity contribution in [2.24, 2.45) is 0 Å². The number of halogens is 1. The van der Waals surface area contributed by atoms with Crippen LogP contribution in [0.5, 0.6) is 11.5 Å². The van der Waals surface area contributed by atoms with Crippen LogP contribution in [0.15, 0.2) is 12.1 Å². The molecule has 0 heterocycles. The minimum absolute atomic E-state index is 0.0730. The molecule has 4 nitrogen and oxygen atoms in total. The van der Waals surface area contributed by atoms with E-state index in [1.807, 2.05) is 0 Å². The van der Waals surface area contributed by atoms with Crippen molar-refractivity contribution in [2.75, 3.05) is 14.2 Å². The zero-order valence-electron chi connectivity index (χ0n) is 8.41. The first kappa shape index (κ1) is 12.1. The predicted octanol–water partition coefficient (Wildman–Crippen LogP) is 1.94. The van der Waals surface area contributed by atoms with Crippen molar-refractivity contribution in [1.29, 1.82) is 0 Å². The van der Waals surface area contributed by atoms with Gasteiger partial charge in [0, 0.05) is 5.56 Å². The third-order valence-corrected chi connectivity index (χ3v) is 2.74. The number of hydrogen-bond acceptors (Lipinski definition) is 3. The van der Waals surface area contributed by atoms with Crippen LogP contribution >= 0.6 is 22.6 Å². The molecule has 82 valence electrons. The number of benzene rings is 1. The summed E-state index contributed by atoms with van der Waals surface area (Å²) in [5, 5.41) is 8.72. The Morgan fingerprint density at radius 1 is 1.33 bits per heavy atom. The van der Waals surface area contributed by atoms with E-state index < -0.39 is 5.97 Å². The highest BCUT2D eigenvalue weighted by Gasteiger charge is 2.11. The molecule has 0 atom stereocenters. The Labute approximate surface area is 101 Å². The average Bonchev–Trinajstić information content (AvgIpc) is 2.19. The van der Waals surface area contributed by atoms with Crippen LogP contribution in [0.3, 0.4) is 0 Å². The lowest BCUT2D eigenvalue weighted by molar-refractivity contribution is -0.136. The number of methoxy groups -OCH3 is 2. The molecule has 5 heteroatoms. The lowest BCUT2D eigenvalue weighted by atomic mass is 10.1. The highest BCUT2D eigenvalue weighted by molar-refractivity contribution is 14.1. The van der Waals surface area contributed by atoms with E-state index in [-0.39, 0.29) is 6.42 Å². The average molecular weight is 322 g/mol. The van der Waals surface area contributed by atoms with Crippen LogP contribution < -0.4 is 9.47 Å². The Kier molecular flexibility index (Phi) is 4.19. The summed E-state index contributed by atoms with van der Waals surface area (Å²) >= 11 is 2.11. The van der Waals surface area contributed by atoms with Gasteiger partial charge < -0.3 is 14.6 Å². The first-order valence-corrected chi connectivity index (χ1v) is 5.28. The van der Waals surface area contributed by atoms with Gasteiger partial charge in [0.1, 0.15) is 11.5 Å². The molecule has 0 unspecified atom stereocenters. The fourth-order valence-electron chi connectivity index (χ4n) is 1.22. The van der Waals surface area contributed by atoms with Gasteiger partial charge in [0.25, 0.3) is 0 Å². The van der Waals surface area contributed by atoms with Crippen LogP contribution in [0.1, 0.15) is 5.56 Å². The van der Waals surface area contributed by atoms with E-state index in [2.05, 4.69) is 22.6 Å². The van der Waals surface area contributed by atoms with Gasteiger partial charge >= 0.3 is 5.97 Å². The van der Waals surface area contributed by atoms with Crippen molar-refractivity contribution < 1.29 is 19.4 Å². The number of carboxylic acids is 1. The maximum Gasteiger partial charge on any atom is 0.307 e. The number of carboxylic acid groups (broad SMARTS) is 1. The van der Waals surface area contributed by atoms with E-state index in [1.54, 1.807) is 19.2 Å². The zero-order valence-corrected chi connectivity index (χ0v) is 10.6. The molecule has 0 amide bonds. The highest BCUT2D eigenvalue weighted by atomic mass is 127. The van der Waals surface area contributed by atoms with Crippen molar-refractivity contribution in [3.63, 3.8) is 0 Å². The van der Waals surface area contributed by atoms with Gasteiger partial charge in [-0.3, -0.25) is 4.79 Å². The Balaban J connectivity index is 3.16. The van der Waals surface area contributed by atoms with Crippen LogP contribution in [0, 0.1) is 3.57 Å². The SMILES string of the molecule is COc1cc(CC(=O)O)c(OC)cc1I. The van der Waals surface area contributed by atoms with Gasteiger partial charge in [-0.1, -0.05) is 0 Å². The van der Waals surface area contributed by atoms with Crippen LogP contribution in [0.2, 0.25) is 0 Å². The Morgan fingerprint density at radius 3 is 2.40 bits per heavy atom. The standard InChI is InChI=1S/C10H11IO4/c1-14-8-5-7(11)9(15-2)3-6(8)4-10(12)13/h3,5H,4H2,1-2H3,(H,12,13). The van der Waals surface area contributed by atoms with Crippen molar-refractivity contribution >= 4 is 28.6 Å². The Bertz CT molecular complexity index is 376. The van der Waals surface area contributed by atoms with Crippen LogP contribution in [0.25, 0.3) is 0 Å². The molecule has 0 aliphatic rings. The van der Waals surface area contributed by atoms with Crippen molar-refractivity contribution in [3.8, 4) is 11.5 Å². The summed E-state index contributed by atoms with van der Waals surface area (Å²) < 4.78 is 11.1. The highest BCUT2D eigenvalue weighted by Crippen LogP contribution is 2.30. The predicted molar refractivity (Wildman–Crippen MR) is 63.6 cm³/mol. The van der Waals surface area contributed by atoms with E-state index in [9.17, 15) is 4.79 Å². The van der Waals surface area contributed by atoms with Gasteiger partial charge in [0.15, 0.2) is 0 Å². The van der Waals surface area contributed by atoms with Crippen LogP contribution in [0.4, 0.5) is 0 Å². The summed E-state index contributed by atoms with van der Waals surface area (Å²) in [4.78, 5) is 10.6. The molecule has 0 spiro atoms. The molecule has 0 saturated carbocycles. The first-order valence-electron chi connectivity index (χ1n) is 4.20. The number of aliphatic carboxylic acids is 1. The van der Waals surface area contributed by atoms with E-state index in [1.165, 1.54) is 7.11 Å². The summed E-state index contributed by atoms with van der Waals surface area (Å²) in [6, 6.07) is 3.45. The molecular formula is C10H11IO4. The van der Waals surface area contributed by atoms with Crippen molar-refractivity contribution in [1.82, 2.24) is 0 Å². The number of carbonyl (C=O) groups is 1. The molecule has 1 rings (SSSR count). The third-order valence-electron chi connectivity index (χ3n) is 1.90.